The fourth-order valence-electron chi connectivity index (χ4n) is 3.69. The van der Waals surface area contributed by atoms with Crippen molar-refractivity contribution in [3.05, 3.63) is 41.7 Å². The minimum Gasteiger partial charge on any atom is -0.497 e. The number of rotatable bonds is 4. The van der Waals surface area contributed by atoms with Gasteiger partial charge in [0.05, 0.1) is 7.11 Å². The average molecular weight is 368 g/mol. The van der Waals surface area contributed by atoms with Crippen LogP contribution in [0, 0.1) is 0 Å². The van der Waals surface area contributed by atoms with Gasteiger partial charge in [0.15, 0.2) is 5.82 Å². The molecular formula is C20H24N4O3. The van der Waals surface area contributed by atoms with Gasteiger partial charge in [-0.1, -0.05) is 19.0 Å². The van der Waals surface area contributed by atoms with Crippen LogP contribution < -0.4 is 4.74 Å². The number of nitrogens with zero attached hydrogens (tertiary/aromatic N) is 4. The molecule has 2 aromatic heterocycles. The van der Waals surface area contributed by atoms with E-state index < -0.39 is 0 Å². The van der Waals surface area contributed by atoms with E-state index in [0.29, 0.717) is 24.0 Å². The Kier molecular flexibility index (Phi) is 4.37. The summed E-state index contributed by atoms with van der Waals surface area (Å²) < 4.78 is 12.7. The number of amides is 1. The molecule has 1 fully saturated rings. The number of aryl methyl sites for hydroxylation is 1. The van der Waals surface area contributed by atoms with Crippen LogP contribution in [0.2, 0.25) is 0 Å². The van der Waals surface area contributed by atoms with Gasteiger partial charge in [-0.3, -0.25) is 4.79 Å². The highest BCUT2D eigenvalue weighted by atomic mass is 16.5. The Balaban J connectivity index is 1.66. The van der Waals surface area contributed by atoms with E-state index in [4.69, 9.17) is 9.26 Å². The van der Waals surface area contributed by atoms with Gasteiger partial charge in [0.2, 0.25) is 5.89 Å². The van der Waals surface area contributed by atoms with Crippen LogP contribution in [0.25, 0.3) is 10.9 Å². The van der Waals surface area contributed by atoms with Gasteiger partial charge in [-0.25, -0.2) is 0 Å². The summed E-state index contributed by atoms with van der Waals surface area (Å²) in [5.41, 5.74) is 1.64. The fraction of sp³-hybridized carbons (Fsp3) is 0.450. The lowest BCUT2D eigenvalue weighted by Crippen LogP contribution is -2.32. The first-order valence-corrected chi connectivity index (χ1v) is 9.27. The predicted octanol–water partition coefficient (Wildman–Crippen LogP) is 3.67. The van der Waals surface area contributed by atoms with Gasteiger partial charge in [-0.2, -0.15) is 4.98 Å². The lowest BCUT2D eigenvalue weighted by atomic mass is 10.2. The van der Waals surface area contributed by atoms with Gasteiger partial charge >= 0.3 is 0 Å². The number of likely N-dealkylation sites (tertiary alicyclic amines) is 1. The summed E-state index contributed by atoms with van der Waals surface area (Å²) in [5, 5.41) is 5.04. The van der Waals surface area contributed by atoms with Crippen LogP contribution in [0.15, 0.2) is 28.8 Å². The maximum atomic E-state index is 13.3. The number of methoxy groups -OCH3 is 1. The van der Waals surface area contributed by atoms with Crippen molar-refractivity contribution in [3.63, 3.8) is 0 Å². The summed E-state index contributed by atoms with van der Waals surface area (Å²) in [5.74, 6) is 2.17. The third kappa shape index (κ3) is 2.97. The molecule has 0 aliphatic carbocycles. The molecule has 142 valence electrons. The Morgan fingerprint density at radius 1 is 1.33 bits per heavy atom. The Morgan fingerprint density at radius 3 is 2.85 bits per heavy atom. The lowest BCUT2D eigenvalue weighted by Gasteiger charge is -2.22. The minimum atomic E-state index is -0.162. The van der Waals surface area contributed by atoms with E-state index in [2.05, 4.69) is 10.1 Å². The molecule has 3 aromatic rings. The van der Waals surface area contributed by atoms with E-state index in [1.54, 1.807) is 7.11 Å². The average Bonchev–Trinajstić information content (AvgIpc) is 3.39. The predicted molar refractivity (Wildman–Crippen MR) is 101 cm³/mol. The third-order valence-corrected chi connectivity index (χ3v) is 5.24. The zero-order chi connectivity index (χ0) is 19.1. The van der Waals surface area contributed by atoms with Gasteiger partial charge in [0.25, 0.3) is 5.91 Å². The fourth-order valence-corrected chi connectivity index (χ4v) is 3.69. The quantitative estimate of drug-likeness (QED) is 0.702. The summed E-state index contributed by atoms with van der Waals surface area (Å²) in [4.78, 5) is 19.7. The number of benzene rings is 1. The molecule has 0 radical (unpaired) electrons. The molecule has 0 unspecified atom stereocenters. The van der Waals surface area contributed by atoms with Crippen molar-refractivity contribution >= 4 is 16.8 Å². The van der Waals surface area contributed by atoms with E-state index in [-0.39, 0.29) is 17.9 Å². The molecule has 1 aromatic carbocycles. The highest BCUT2D eigenvalue weighted by molar-refractivity contribution is 5.99. The Morgan fingerprint density at radius 2 is 2.15 bits per heavy atom. The molecular weight excluding hydrogens is 344 g/mol. The molecule has 4 rings (SSSR count). The molecule has 27 heavy (non-hydrogen) atoms. The summed E-state index contributed by atoms with van der Waals surface area (Å²) >= 11 is 0. The van der Waals surface area contributed by atoms with Crippen LogP contribution in [0.3, 0.4) is 0 Å². The number of carbonyl (C=O) groups is 1. The van der Waals surface area contributed by atoms with Crippen LogP contribution in [-0.2, 0) is 7.05 Å². The van der Waals surface area contributed by atoms with Crippen LogP contribution in [-0.4, -0.2) is 39.2 Å². The van der Waals surface area contributed by atoms with E-state index >= 15 is 0 Å². The van der Waals surface area contributed by atoms with Crippen LogP contribution in [0.4, 0.5) is 0 Å². The third-order valence-electron chi connectivity index (χ3n) is 5.24. The smallest absolute Gasteiger partial charge is 0.271 e. The van der Waals surface area contributed by atoms with E-state index in [1.807, 2.05) is 54.6 Å². The largest absolute Gasteiger partial charge is 0.497 e. The zero-order valence-corrected chi connectivity index (χ0v) is 16.1. The highest BCUT2D eigenvalue weighted by Crippen LogP contribution is 2.34. The standard InChI is InChI=1S/C20H24N4O3/c1-12(2)18-21-19(27-22-18)16-6-5-9-24(16)20(25)17-11-13-10-14(26-4)7-8-15(13)23(17)3/h7-8,10-12,16H,5-6,9H2,1-4H3/t16-/m0/s1. The van der Waals surface area contributed by atoms with Crippen molar-refractivity contribution in [2.24, 2.45) is 7.05 Å². The van der Waals surface area contributed by atoms with Crippen molar-refractivity contribution in [1.82, 2.24) is 19.6 Å². The Bertz CT molecular complexity index is 988. The van der Waals surface area contributed by atoms with Gasteiger partial charge < -0.3 is 18.7 Å². The molecule has 3 heterocycles. The second kappa shape index (κ2) is 6.72. The summed E-state index contributed by atoms with van der Waals surface area (Å²) in [6.07, 6.45) is 1.76. The van der Waals surface area contributed by atoms with Gasteiger partial charge in [0, 0.05) is 30.4 Å². The molecule has 1 amide bonds. The maximum Gasteiger partial charge on any atom is 0.271 e. The Hall–Kier alpha value is -2.83. The van der Waals surface area contributed by atoms with Gasteiger partial charge in [-0.05, 0) is 37.1 Å². The number of aromatic nitrogens is 3. The Labute approximate surface area is 157 Å². The normalized spacial score (nSPS) is 17.2. The topological polar surface area (TPSA) is 73.4 Å². The lowest BCUT2D eigenvalue weighted by molar-refractivity contribution is 0.0701. The van der Waals surface area contributed by atoms with Crippen molar-refractivity contribution in [2.75, 3.05) is 13.7 Å². The van der Waals surface area contributed by atoms with Crippen LogP contribution >= 0.6 is 0 Å². The number of ether oxygens (including phenoxy) is 1. The van der Waals surface area contributed by atoms with Crippen LogP contribution in [0.5, 0.6) is 5.75 Å². The number of hydrogen-bond acceptors (Lipinski definition) is 5. The van der Waals surface area contributed by atoms with Gasteiger partial charge in [0.1, 0.15) is 17.5 Å². The second-order valence-electron chi connectivity index (χ2n) is 7.32. The molecule has 1 atom stereocenters. The monoisotopic (exact) mass is 368 g/mol. The van der Waals surface area contributed by atoms with Crippen molar-refractivity contribution < 1.29 is 14.1 Å². The highest BCUT2D eigenvalue weighted by Gasteiger charge is 2.35. The summed E-state index contributed by atoms with van der Waals surface area (Å²) in [7, 11) is 3.55. The molecule has 0 N–H and O–H groups in total. The van der Waals surface area contributed by atoms with E-state index in [0.717, 1.165) is 29.5 Å². The van der Waals surface area contributed by atoms with Crippen molar-refractivity contribution in [3.8, 4) is 5.75 Å². The number of hydrogen-bond donors (Lipinski definition) is 0. The van der Waals surface area contributed by atoms with Crippen LogP contribution in [0.1, 0.15) is 60.9 Å². The number of carbonyl (C=O) groups excluding carboxylic acids is 1. The summed E-state index contributed by atoms with van der Waals surface area (Å²) in [6.45, 7) is 4.74. The maximum absolute atomic E-state index is 13.3. The zero-order valence-electron chi connectivity index (χ0n) is 16.1. The SMILES string of the molecule is COc1ccc2c(c1)cc(C(=O)N1CCC[C@H]1c1nc(C(C)C)no1)n2C. The number of fused-ring (bicyclic) bond motifs is 1. The molecule has 1 aliphatic heterocycles. The first-order valence-electron chi connectivity index (χ1n) is 9.27. The second-order valence-corrected chi connectivity index (χ2v) is 7.32. The molecule has 0 spiro atoms. The van der Waals surface area contributed by atoms with Crippen molar-refractivity contribution in [1.29, 1.82) is 0 Å². The summed E-state index contributed by atoms with van der Waals surface area (Å²) in [6, 6.07) is 7.58. The minimum absolute atomic E-state index is 0.0144. The van der Waals surface area contributed by atoms with E-state index in [9.17, 15) is 4.79 Å². The molecule has 7 heteroatoms. The first-order chi connectivity index (χ1) is 13.0. The molecule has 0 saturated carbocycles. The molecule has 0 bridgehead atoms. The van der Waals surface area contributed by atoms with Crippen molar-refractivity contribution in [2.45, 2.75) is 38.6 Å². The molecule has 1 saturated heterocycles. The molecule has 1 aliphatic rings. The first kappa shape index (κ1) is 17.6. The van der Waals surface area contributed by atoms with Gasteiger partial charge in [-0.15, -0.1) is 0 Å². The van der Waals surface area contributed by atoms with E-state index in [1.165, 1.54) is 0 Å². The molecule has 7 nitrogen and oxygen atoms in total.